The zero-order valence-electron chi connectivity index (χ0n) is 13.1. The summed E-state index contributed by atoms with van der Waals surface area (Å²) in [5, 5.41) is 11.9. The Morgan fingerprint density at radius 1 is 1.38 bits per heavy atom. The molecule has 1 fully saturated rings. The first-order valence-electron chi connectivity index (χ1n) is 7.39. The van der Waals surface area contributed by atoms with E-state index in [1.807, 2.05) is 13.8 Å². The van der Waals surface area contributed by atoms with Gasteiger partial charge >= 0.3 is 0 Å². The second-order valence-electron chi connectivity index (χ2n) is 4.94. The van der Waals surface area contributed by atoms with Crippen molar-refractivity contribution in [1.82, 2.24) is 4.90 Å². The number of ether oxygens (including phenoxy) is 2. The highest BCUT2D eigenvalue weighted by Gasteiger charge is 2.33. The smallest absolute Gasteiger partial charge is 0.280 e. The second kappa shape index (κ2) is 6.52. The van der Waals surface area contributed by atoms with Crippen molar-refractivity contribution < 1.29 is 19.2 Å². The van der Waals surface area contributed by atoms with Crippen molar-refractivity contribution in [3.05, 3.63) is 32.7 Å². The number of likely N-dealkylation sites (N-methyl/N-ethyl adjacent to an activating group) is 1. The summed E-state index contributed by atoms with van der Waals surface area (Å²) in [7, 11) is 0. The van der Waals surface area contributed by atoms with Crippen molar-refractivity contribution in [2.24, 2.45) is 4.99 Å². The molecule has 9 heteroatoms. The van der Waals surface area contributed by atoms with Crippen molar-refractivity contribution in [2.75, 3.05) is 19.9 Å². The molecule has 1 saturated heterocycles. The number of amides is 1. The van der Waals surface area contributed by atoms with E-state index >= 15 is 0 Å². The zero-order valence-corrected chi connectivity index (χ0v) is 14.0. The first kappa shape index (κ1) is 16.3. The molecular weight excluding hydrogens is 334 g/mol. The Morgan fingerprint density at radius 3 is 2.71 bits per heavy atom. The zero-order chi connectivity index (χ0) is 17.3. The van der Waals surface area contributed by atoms with Gasteiger partial charge in [0.1, 0.15) is 0 Å². The number of nitro benzene ring substituents is 1. The maximum atomic E-state index is 12.5. The summed E-state index contributed by atoms with van der Waals surface area (Å²) in [4.78, 5) is 29.5. The van der Waals surface area contributed by atoms with Gasteiger partial charge in [0.25, 0.3) is 11.6 Å². The fraction of sp³-hybridized carbons (Fsp3) is 0.333. The molecule has 1 aromatic rings. The Bertz CT molecular complexity index is 775. The Balaban J connectivity index is 2.04. The molecule has 0 radical (unpaired) electrons. The lowest BCUT2D eigenvalue weighted by molar-refractivity contribution is -0.385. The molecule has 0 aliphatic carbocycles. The van der Waals surface area contributed by atoms with Gasteiger partial charge in [0, 0.05) is 13.1 Å². The largest absolute Gasteiger partial charge is 0.454 e. The molecule has 8 nitrogen and oxygen atoms in total. The molecule has 1 amide bonds. The van der Waals surface area contributed by atoms with Gasteiger partial charge in [0.15, 0.2) is 16.7 Å². The van der Waals surface area contributed by atoms with Crippen LogP contribution >= 0.6 is 11.8 Å². The number of aliphatic imine (C=N–C) groups is 1. The van der Waals surface area contributed by atoms with Crippen molar-refractivity contribution in [3.63, 3.8) is 0 Å². The fourth-order valence-electron chi connectivity index (χ4n) is 2.40. The van der Waals surface area contributed by atoms with E-state index in [4.69, 9.17) is 9.47 Å². The summed E-state index contributed by atoms with van der Waals surface area (Å²) >= 11 is 1.22. The van der Waals surface area contributed by atoms with Gasteiger partial charge < -0.3 is 9.47 Å². The third-order valence-corrected chi connectivity index (χ3v) is 4.55. The van der Waals surface area contributed by atoms with Crippen LogP contribution in [0.5, 0.6) is 11.5 Å². The van der Waals surface area contributed by atoms with E-state index in [0.717, 1.165) is 0 Å². The van der Waals surface area contributed by atoms with E-state index in [0.29, 0.717) is 40.2 Å². The van der Waals surface area contributed by atoms with Crippen LogP contribution in [0, 0.1) is 10.1 Å². The molecule has 2 heterocycles. The number of amidine groups is 1. The lowest BCUT2D eigenvalue weighted by atomic mass is 10.1. The normalized spacial score (nSPS) is 19.6. The number of hydrogen-bond acceptors (Lipinski definition) is 7. The van der Waals surface area contributed by atoms with Crippen LogP contribution in [0.2, 0.25) is 0 Å². The van der Waals surface area contributed by atoms with Crippen LogP contribution in [0.1, 0.15) is 19.4 Å². The summed E-state index contributed by atoms with van der Waals surface area (Å²) < 4.78 is 10.4. The number of carbonyl (C=O) groups excluding carboxylic acids is 1. The quantitative estimate of drug-likeness (QED) is 0.471. The fourth-order valence-corrected chi connectivity index (χ4v) is 3.50. The molecule has 0 unspecified atom stereocenters. The summed E-state index contributed by atoms with van der Waals surface area (Å²) in [6.45, 7) is 4.82. The minimum absolute atomic E-state index is 0.0249. The van der Waals surface area contributed by atoms with Crippen molar-refractivity contribution >= 4 is 34.6 Å². The molecule has 0 aromatic heterocycles. The average molecular weight is 349 g/mol. The van der Waals surface area contributed by atoms with Crippen molar-refractivity contribution in [3.8, 4) is 11.5 Å². The average Bonchev–Trinajstić information content (AvgIpc) is 3.11. The number of benzene rings is 1. The minimum atomic E-state index is -0.503. The van der Waals surface area contributed by atoms with Gasteiger partial charge in [-0.15, -0.1) is 0 Å². The molecule has 24 heavy (non-hydrogen) atoms. The number of nitro groups is 1. The molecule has 0 saturated carbocycles. The molecule has 2 aliphatic heterocycles. The van der Waals surface area contributed by atoms with Crippen LogP contribution in [-0.4, -0.2) is 40.8 Å². The van der Waals surface area contributed by atoms with Crippen LogP contribution in [0.15, 0.2) is 22.0 Å². The van der Waals surface area contributed by atoms with Crippen LogP contribution in [0.25, 0.3) is 6.08 Å². The Hall–Kier alpha value is -2.55. The summed E-state index contributed by atoms with van der Waals surface area (Å²) in [6, 6.07) is 2.84. The monoisotopic (exact) mass is 349 g/mol. The SMILES string of the molecule is CCN=C1S/C(=C/c2cc3c(cc2[N+](=O)[O-])OCO3)C(=O)N1CC. The molecule has 2 aliphatic rings. The maximum Gasteiger partial charge on any atom is 0.280 e. The standard InChI is InChI=1S/C15H15N3O5S/c1-3-16-15-17(4-2)14(19)13(24-15)6-9-5-11-12(23-8-22-11)7-10(9)18(20)21/h5-7H,3-4,8H2,1-2H3/b13-6+,16-15?. The number of thioether (sulfide) groups is 1. The number of fused-ring (bicyclic) bond motifs is 1. The Morgan fingerprint density at radius 2 is 2.08 bits per heavy atom. The van der Waals surface area contributed by atoms with E-state index in [1.165, 1.54) is 30.0 Å². The molecular formula is C15H15N3O5S. The number of hydrogen-bond donors (Lipinski definition) is 0. The van der Waals surface area contributed by atoms with Gasteiger partial charge in [0.05, 0.1) is 21.5 Å². The highest BCUT2D eigenvalue weighted by atomic mass is 32.2. The first-order valence-corrected chi connectivity index (χ1v) is 8.20. The van der Waals surface area contributed by atoms with Crippen LogP contribution < -0.4 is 9.47 Å². The van der Waals surface area contributed by atoms with Crippen molar-refractivity contribution in [1.29, 1.82) is 0 Å². The van der Waals surface area contributed by atoms with E-state index in [2.05, 4.69) is 4.99 Å². The summed E-state index contributed by atoms with van der Waals surface area (Å²) in [5.41, 5.74) is 0.165. The summed E-state index contributed by atoms with van der Waals surface area (Å²) in [6.07, 6.45) is 1.51. The van der Waals surface area contributed by atoms with Gasteiger partial charge in [0.2, 0.25) is 6.79 Å². The molecule has 0 atom stereocenters. The van der Waals surface area contributed by atoms with Crippen LogP contribution in [0.4, 0.5) is 5.69 Å². The highest BCUT2D eigenvalue weighted by molar-refractivity contribution is 8.18. The Kier molecular flexibility index (Phi) is 4.43. The van der Waals surface area contributed by atoms with Crippen LogP contribution in [0.3, 0.4) is 0 Å². The molecule has 1 aromatic carbocycles. The third kappa shape index (κ3) is 2.82. The third-order valence-electron chi connectivity index (χ3n) is 3.50. The molecule has 0 spiro atoms. The molecule has 126 valence electrons. The maximum absolute atomic E-state index is 12.5. The van der Waals surface area contributed by atoms with Gasteiger partial charge in [-0.05, 0) is 37.8 Å². The Labute approximate surface area is 142 Å². The molecule has 0 bridgehead atoms. The minimum Gasteiger partial charge on any atom is -0.454 e. The lowest BCUT2D eigenvalue weighted by Crippen LogP contribution is -2.28. The second-order valence-corrected chi connectivity index (χ2v) is 5.95. The van der Waals surface area contributed by atoms with E-state index in [-0.39, 0.29) is 18.4 Å². The first-order chi connectivity index (χ1) is 11.5. The van der Waals surface area contributed by atoms with Gasteiger partial charge in [-0.1, -0.05) is 0 Å². The number of carbonyl (C=O) groups is 1. The summed E-state index contributed by atoms with van der Waals surface area (Å²) in [5.74, 6) is 0.553. The predicted octanol–water partition coefficient (Wildman–Crippen LogP) is 2.64. The van der Waals surface area contributed by atoms with Crippen LogP contribution in [-0.2, 0) is 4.79 Å². The molecule has 3 rings (SSSR count). The van der Waals surface area contributed by atoms with E-state index in [9.17, 15) is 14.9 Å². The van der Waals surface area contributed by atoms with E-state index in [1.54, 1.807) is 4.90 Å². The van der Waals surface area contributed by atoms with E-state index < -0.39 is 4.92 Å². The predicted molar refractivity (Wildman–Crippen MR) is 90.2 cm³/mol. The topological polar surface area (TPSA) is 94.3 Å². The lowest BCUT2D eigenvalue weighted by Gasteiger charge is -2.11. The van der Waals surface area contributed by atoms with Gasteiger partial charge in [-0.2, -0.15) is 0 Å². The van der Waals surface area contributed by atoms with Gasteiger partial charge in [-0.3, -0.25) is 24.8 Å². The number of rotatable bonds is 4. The highest BCUT2D eigenvalue weighted by Crippen LogP contribution is 2.40. The van der Waals surface area contributed by atoms with Crippen molar-refractivity contribution in [2.45, 2.75) is 13.8 Å². The number of nitrogens with zero attached hydrogens (tertiary/aromatic N) is 3. The van der Waals surface area contributed by atoms with Gasteiger partial charge in [-0.25, -0.2) is 0 Å². The molecule has 0 N–H and O–H groups in total.